The molecule has 0 saturated carbocycles. The minimum absolute atomic E-state index is 0.0732. The van der Waals surface area contributed by atoms with Crippen molar-refractivity contribution in [2.75, 3.05) is 13.2 Å². The highest BCUT2D eigenvalue weighted by Crippen LogP contribution is 2.15. The molecule has 0 rings (SSSR count). The first kappa shape index (κ1) is 60.6. The first-order valence-electron chi connectivity index (χ1n) is 27.5. The molecular weight excluding hydrogens is 781 g/mol. The average molecular weight is 885 g/mol. The van der Waals surface area contributed by atoms with Crippen molar-refractivity contribution < 1.29 is 28.6 Å². The van der Waals surface area contributed by atoms with Gasteiger partial charge in [-0.25, -0.2) is 0 Å². The molecule has 0 aliphatic carbocycles. The van der Waals surface area contributed by atoms with Crippen LogP contribution in [0.1, 0.15) is 290 Å². The molecule has 0 spiro atoms. The maximum Gasteiger partial charge on any atom is 0.306 e. The van der Waals surface area contributed by atoms with Gasteiger partial charge >= 0.3 is 17.9 Å². The van der Waals surface area contributed by atoms with Crippen LogP contribution in [0, 0.1) is 0 Å². The lowest BCUT2D eigenvalue weighted by molar-refractivity contribution is -0.167. The quantitative estimate of drug-likeness (QED) is 0.0262. The highest BCUT2D eigenvalue weighted by atomic mass is 16.6. The molecule has 63 heavy (non-hydrogen) atoms. The number of rotatable bonds is 50. The average Bonchev–Trinajstić information content (AvgIpc) is 3.28. The van der Waals surface area contributed by atoms with E-state index in [4.69, 9.17) is 14.2 Å². The van der Waals surface area contributed by atoms with E-state index in [-0.39, 0.29) is 31.1 Å². The van der Waals surface area contributed by atoms with E-state index in [9.17, 15) is 14.4 Å². The molecule has 0 heterocycles. The second-order valence-electron chi connectivity index (χ2n) is 18.5. The number of carbonyl (C=O) groups is 3. The predicted octanol–water partition coefficient (Wildman–Crippen LogP) is 18.1. The van der Waals surface area contributed by atoms with Crippen LogP contribution in [-0.4, -0.2) is 37.2 Å². The molecule has 0 radical (unpaired) electrons. The number of hydrogen-bond acceptors (Lipinski definition) is 6. The summed E-state index contributed by atoms with van der Waals surface area (Å²) in [5.74, 6) is -0.882. The summed E-state index contributed by atoms with van der Waals surface area (Å²) in [6.45, 7) is 6.56. The molecule has 0 aliphatic rings. The van der Waals surface area contributed by atoms with E-state index in [1.807, 2.05) is 0 Å². The van der Waals surface area contributed by atoms with Crippen molar-refractivity contribution >= 4 is 17.9 Å². The van der Waals surface area contributed by atoms with Crippen LogP contribution in [0.25, 0.3) is 0 Å². The summed E-state index contributed by atoms with van der Waals surface area (Å²) in [7, 11) is 0. The monoisotopic (exact) mass is 885 g/mol. The molecule has 368 valence electrons. The zero-order valence-electron chi connectivity index (χ0n) is 42.1. The van der Waals surface area contributed by atoms with E-state index in [0.29, 0.717) is 19.3 Å². The highest BCUT2D eigenvalue weighted by Gasteiger charge is 2.19. The summed E-state index contributed by atoms with van der Waals surface area (Å²) >= 11 is 0. The summed E-state index contributed by atoms with van der Waals surface area (Å²) < 4.78 is 16.7. The van der Waals surface area contributed by atoms with Crippen molar-refractivity contribution in [2.45, 2.75) is 297 Å². The van der Waals surface area contributed by atoms with E-state index >= 15 is 0 Å². The summed E-state index contributed by atoms with van der Waals surface area (Å²) in [5.41, 5.74) is 0. The molecule has 0 N–H and O–H groups in total. The lowest BCUT2D eigenvalue weighted by Gasteiger charge is -2.18. The highest BCUT2D eigenvalue weighted by molar-refractivity contribution is 5.71. The van der Waals surface area contributed by atoms with Gasteiger partial charge in [0.25, 0.3) is 0 Å². The molecule has 6 heteroatoms. The molecule has 6 nitrogen and oxygen atoms in total. The van der Waals surface area contributed by atoms with Crippen LogP contribution >= 0.6 is 0 Å². The van der Waals surface area contributed by atoms with Gasteiger partial charge < -0.3 is 14.2 Å². The third-order valence-corrected chi connectivity index (χ3v) is 12.1. The van der Waals surface area contributed by atoms with Crippen LogP contribution in [0.3, 0.4) is 0 Å². The smallest absolute Gasteiger partial charge is 0.306 e. The summed E-state index contributed by atoms with van der Waals surface area (Å²) in [4.78, 5) is 37.7. The third-order valence-electron chi connectivity index (χ3n) is 12.1. The summed E-state index contributed by atoms with van der Waals surface area (Å²) in [5, 5.41) is 0. The largest absolute Gasteiger partial charge is 0.462 e. The van der Waals surface area contributed by atoms with Gasteiger partial charge in [-0.2, -0.15) is 0 Å². The fourth-order valence-electron chi connectivity index (χ4n) is 7.94. The van der Waals surface area contributed by atoms with Crippen molar-refractivity contribution in [3.05, 3.63) is 36.5 Å². The summed E-state index contributed by atoms with van der Waals surface area (Å²) in [6.07, 6.45) is 61.7. The second kappa shape index (κ2) is 52.3. The van der Waals surface area contributed by atoms with Crippen LogP contribution in [0.2, 0.25) is 0 Å². The van der Waals surface area contributed by atoms with Gasteiger partial charge in [0.1, 0.15) is 13.2 Å². The molecule has 0 aromatic heterocycles. The van der Waals surface area contributed by atoms with Crippen molar-refractivity contribution in [3.8, 4) is 0 Å². The van der Waals surface area contributed by atoms with E-state index in [1.165, 1.54) is 180 Å². The van der Waals surface area contributed by atoms with Crippen molar-refractivity contribution in [1.29, 1.82) is 0 Å². The Morgan fingerprint density at radius 3 is 0.889 bits per heavy atom. The van der Waals surface area contributed by atoms with Crippen LogP contribution in [0.15, 0.2) is 36.5 Å². The number of ether oxygens (including phenoxy) is 3. The molecule has 0 aromatic rings. The van der Waals surface area contributed by atoms with E-state index in [2.05, 4.69) is 57.2 Å². The van der Waals surface area contributed by atoms with Gasteiger partial charge in [-0.1, -0.05) is 231 Å². The number of allylic oxidation sites excluding steroid dienone is 6. The van der Waals surface area contributed by atoms with Gasteiger partial charge in [0.2, 0.25) is 0 Å². The predicted molar refractivity (Wildman–Crippen MR) is 270 cm³/mol. The molecule has 1 unspecified atom stereocenters. The van der Waals surface area contributed by atoms with Gasteiger partial charge in [0, 0.05) is 19.3 Å². The Labute approximate surface area is 391 Å². The second-order valence-corrected chi connectivity index (χ2v) is 18.5. The first-order chi connectivity index (χ1) is 31.0. The van der Waals surface area contributed by atoms with Crippen LogP contribution < -0.4 is 0 Å². The molecular formula is C57H104O6. The molecule has 0 amide bonds. The molecule has 0 fully saturated rings. The van der Waals surface area contributed by atoms with Gasteiger partial charge in [-0.05, 0) is 77.0 Å². The summed E-state index contributed by atoms with van der Waals surface area (Å²) in [6, 6.07) is 0. The van der Waals surface area contributed by atoms with Crippen LogP contribution in [-0.2, 0) is 28.6 Å². The maximum atomic E-state index is 12.7. The Morgan fingerprint density at radius 1 is 0.317 bits per heavy atom. The van der Waals surface area contributed by atoms with Gasteiger partial charge in [-0.3, -0.25) is 14.4 Å². The molecule has 0 aliphatic heterocycles. The SMILES string of the molecule is CCCCCCC/C=C\C/C=C\CCCCCCCCCCCCCC(=O)OCC(COC(=O)CCCCCCC)OC(=O)CCCCCCCCC/C=C\CCCCCCCC. The number of carbonyl (C=O) groups excluding carboxylic acids is 3. The van der Waals surface area contributed by atoms with Crippen molar-refractivity contribution in [3.63, 3.8) is 0 Å². The zero-order valence-corrected chi connectivity index (χ0v) is 42.1. The van der Waals surface area contributed by atoms with Gasteiger partial charge in [0.05, 0.1) is 0 Å². The molecule has 1 atom stereocenters. The normalized spacial score (nSPS) is 12.2. The zero-order chi connectivity index (χ0) is 45.8. The van der Waals surface area contributed by atoms with Crippen LogP contribution in [0.5, 0.6) is 0 Å². The standard InChI is InChI=1S/C57H104O6/c1-4-7-10-13-15-17-19-21-23-25-26-27-28-29-30-32-33-35-37-39-41-44-47-50-56(59)62-53-54(52-61-55(58)49-46-43-12-9-6-3)63-57(60)51-48-45-42-40-38-36-34-31-24-22-20-18-16-14-11-8-5-2/h19,21-22,24-26,54H,4-18,20,23,27-53H2,1-3H3/b21-19-,24-22-,26-25-. The number of unbranched alkanes of at least 4 members (excludes halogenated alkanes) is 33. The lowest BCUT2D eigenvalue weighted by Crippen LogP contribution is -2.30. The number of esters is 3. The van der Waals surface area contributed by atoms with Crippen LogP contribution in [0.4, 0.5) is 0 Å². The Balaban J connectivity index is 4.09. The fraction of sp³-hybridized carbons (Fsp3) is 0.842. The Kier molecular flexibility index (Phi) is 50.3. The maximum absolute atomic E-state index is 12.7. The first-order valence-corrected chi connectivity index (χ1v) is 27.5. The van der Waals surface area contributed by atoms with Crippen molar-refractivity contribution in [2.24, 2.45) is 0 Å². The van der Waals surface area contributed by atoms with E-state index in [1.54, 1.807) is 0 Å². The third kappa shape index (κ3) is 50.5. The lowest BCUT2D eigenvalue weighted by atomic mass is 10.0. The minimum Gasteiger partial charge on any atom is -0.462 e. The molecule has 0 bridgehead atoms. The van der Waals surface area contributed by atoms with Crippen molar-refractivity contribution in [1.82, 2.24) is 0 Å². The molecule has 0 saturated heterocycles. The Bertz CT molecular complexity index is 1060. The number of hydrogen-bond donors (Lipinski definition) is 0. The van der Waals surface area contributed by atoms with Gasteiger partial charge in [-0.15, -0.1) is 0 Å². The molecule has 0 aromatic carbocycles. The van der Waals surface area contributed by atoms with E-state index in [0.717, 1.165) is 70.6 Å². The fourth-order valence-corrected chi connectivity index (χ4v) is 7.94. The Morgan fingerprint density at radius 2 is 0.571 bits per heavy atom. The van der Waals surface area contributed by atoms with Gasteiger partial charge in [0.15, 0.2) is 6.10 Å². The Hall–Kier alpha value is -2.37. The van der Waals surface area contributed by atoms with E-state index < -0.39 is 6.10 Å². The minimum atomic E-state index is -0.769. The topological polar surface area (TPSA) is 78.9 Å².